The Hall–Kier alpha value is -2.42. The van der Waals surface area contributed by atoms with Crippen LogP contribution in [0.3, 0.4) is 0 Å². The van der Waals surface area contributed by atoms with Crippen LogP contribution < -0.4 is 0 Å². The van der Waals surface area contributed by atoms with Crippen LogP contribution in [0, 0.1) is 0 Å². The lowest BCUT2D eigenvalue weighted by Gasteiger charge is -2.06. The minimum Gasteiger partial charge on any atom is -0.298 e. The molecule has 0 N–H and O–H groups in total. The van der Waals surface area contributed by atoms with Crippen LogP contribution in [0.25, 0.3) is 27.3 Å². The zero-order valence-electron chi connectivity index (χ0n) is 9.04. The van der Waals surface area contributed by atoms with E-state index in [4.69, 9.17) is 0 Å². The van der Waals surface area contributed by atoms with Crippen LogP contribution in [-0.4, -0.2) is 14.4 Å². The molecule has 0 saturated carbocycles. The zero-order chi connectivity index (χ0) is 11.2. The number of benzene rings is 1. The summed E-state index contributed by atoms with van der Waals surface area (Å²) in [5.41, 5.74) is 3.29. The maximum absolute atomic E-state index is 4.50. The Morgan fingerprint density at radius 3 is 2.71 bits per heavy atom. The van der Waals surface area contributed by atoms with Crippen molar-refractivity contribution in [3.05, 3.63) is 55.1 Å². The molecule has 4 rings (SSSR count). The fourth-order valence-corrected chi connectivity index (χ4v) is 2.40. The third kappa shape index (κ3) is 1.05. The molecule has 0 unspecified atom stereocenters. The molecule has 0 aliphatic heterocycles. The average Bonchev–Trinajstić information content (AvgIpc) is 2.89. The number of fused-ring (bicyclic) bond motifs is 6. The zero-order valence-corrected chi connectivity index (χ0v) is 9.04. The highest BCUT2D eigenvalue weighted by Crippen LogP contribution is 2.27. The van der Waals surface area contributed by atoms with Gasteiger partial charge in [-0.25, -0.2) is 4.98 Å². The van der Waals surface area contributed by atoms with Gasteiger partial charge in [-0.15, -0.1) is 0 Å². The normalized spacial score (nSPS) is 11.5. The highest BCUT2D eigenvalue weighted by atomic mass is 15.0. The van der Waals surface area contributed by atoms with Crippen LogP contribution in [0.4, 0.5) is 0 Å². The number of aromatic nitrogens is 3. The summed E-state index contributed by atoms with van der Waals surface area (Å²) in [6.07, 6.45) is 5.57. The van der Waals surface area contributed by atoms with Crippen LogP contribution in [0.2, 0.25) is 0 Å². The number of rotatable bonds is 0. The minimum absolute atomic E-state index is 1.04. The average molecular weight is 219 g/mol. The molecule has 3 heteroatoms. The molecule has 80 valence electrons. The fourth-order valence-electron chi connectivity index (χ4n) is 2.40. The fraction of sp³-hybridized carbons (Fsp3) is 0. The number of pyridine rings is 2. The van der Waals surface area contributed by atoms with Crippen LogP contribution in [0.5, 0.6) is 0 Å². The first-order chi connectivity index (χ1) is 8.45. The Balaban J connectivity index is 2.48. The van der Waals surface area contributed by atoms with Gasteiger partial charge in [-0.2, -0.15) is 0 Å². The maximum atomic E-state index is 4.50. The molecule has 0 atom stereocenters. The number of hydrogen-bond acceptors (Lipinski definition) is 2. The summed E-state index contributed by atoms with van der Waals surface area (Å²) in [6, 6.07) is 12.3. The highest BCUT2D eigenvalue weighted by Gasteiger charge is 2.07. The summed E-state index contributed by atoms with van der Waals surface area (Å²) >= 11 is 0. The standard InChI is InChI=1S/C14H9N3/c1-2-6-12-10(4-1)14-11(5-3-7-16-14)13-8-15-9-17(12)13/h1-9H. The van der Waals surface area contributed by atoms with Crippen molar-refractivity contribution in [3.8, 4) is 0 Å². The Morgan fingerprint density at radius 2 is 1.71 bits per heavy atom. The second-order valence-electron chi connectivity index (χ2n) is 4.07. The van der Waals surface area contributed by atoms with Crippen molar-refractivity contribution >= 4 is 27.3 Å². The van der Waals surface area contributed by atoms with E-state index in [2.05, 4.69) is 32.6 Å². The Labute approximate surface area is 97.4 Å². The lowest BCUT2D eigenvalue weighted by atomic mass is 10.1. The molecule has 0 saturated heterocycles. The summed E-state index contributed by atoms with van der Waals surface area (Å²) < 4.78 is 2.11. The Kier molecular flexibility index (Phi) is 1.56. The van der Waals surface area contributed by atoms with Gasteiger partial charge in [-0.1, -0.05) is 18.2 Å². The smallest absolute Gasteiger partial charge is 0.0997 e. The van der Waals surface area contributed by atoms with Gasteiger partial charge in [0.05, 0.1) is 29.1 Å². The van der Waals surface area contributed by atoms with Gasteiger partial charge in [-0.05, 0) is 18.2 Å². The van der Waals surface area contributed by atoms with Crippen molar-refractivity contribution in [2.45, 2.75) is 0 Å². The van der Waals surface area contributed by atoms with Crippen molar-refractivity contribution in [2.75, 3.05) is 0 Å². The van der Waals surface area contributed by atoms with Crippen LogP contribution >= 0.6 is 0 Å². The van der Waals surface area contributed by atoms with E-state index in [1.165, 1.54) is 0 Å². The van der Waals surface area contributed by atoms with Crippen molar-refractivity contribution in [2.24, 2.45) is 0 Å². The van der Waals surface area contributed by atoms with Gasteiger partial charge in [0, 0.05) is 17.0 Å². The molecular weight excluding hydrogens is 210 g/mol. The van der Waals surface area contributed by atoms with Crippen LogP contribution in [0.1, 0.15) is 0 Å². The number of para-hydroxylation sites is 1. The van der Waals surface area contributed by atoms with E-state index < -0.39 is 0 Å². The number of imidazole rings is 1. The van der Waals surface area contributed by atoms with Gasteiger partial charge in [0.15, 0.2) is 0 Å². The molecule has 0 amide bonds. The Morgan fingerprint density at radius 1 is 0.882 bits per heavy atom. The second-order valence-corrected chi connectivity index (χ2v) is 4.07. The minimum atomic E-state index is 1.04. The molecule has 3 heterocycles. The van der Waals surface area contributed by atoms with Crippen molar-refractivity contribution in [1.29, 1.82) is 0 Å². The van der Waals surface area contributed by atoms with Gasteiger partial charge in [0.2, 0.25) is 0 Å². The Bertz CT molecular complexity index is 776. The number of nitrogens with zero attached hydrogens (tertiary/aromatic N) is 3. The van der Waals surface area contributed by atoms with E-state index >= 15 is 0 Å². The quantitative estimate of drug-likeness (QED) is 0.425. The molecule has 1 aromatic carbocycles. The molecule has 3 aromatic heterocycles. The summed E-state index contributed by atoms with van der Waals surface area (Å²) in [7, 11) is 0. The van der Waals surface area contributed by atoms with E-state index in [0.29, 0.717) is 0 Å². The van der Waals surface area contributed by atoms with Crippen LogP contribution in [0.15, 0.2) is 55.1 Å². The van der Waals surface area contributed by atoms with Crippen molar-refractivity contribution < 1.29 is 0 Å². The molecule has 0 aliphatic rings. The van der Waals surface area contributed by atoms with Crippen LogP contribution in [-0.2, 0) is 0 Å². The SMILES string of the molecule is c1ccc2c(c1)c1ncccc1c1cncn21. The monoisotopic (exact) mass is 219 g/mol. The largest absolute Gasteiger partial charge is 0.298 e. The van der Waals surface area contributed by atoms with Gasteiger partial charge in [0.25, 0.3) is 0 Å². The topological polar surface area (TPSA) is 30.2 Å². The molecule has 0 radical (unpaired) electrons. The van der Waals surface area contributed by atoms with Crippen molar-refractivity contribution in [1.82, 2.24) is 14.4 Å². The first kappa shape index (κ1) is 8.70. The third-order valence-corrected chi connectivity index (χ3v) is 3.14. The maximum Gasteiger partial charge on any atom is 0.0997 e. The predicted octanol–water partition coefficient (Wildman–Crippen LogP) is 3.04. The molecule has 4 aromatic rings. The first-order valence-electron chi connectivity index (χ1n) is 5.52. The van der Waals surface area contributed by atoms with E-state index in [-0.39, 0.29) is 0 Å². The molecule has 0 aliphatic carbocycles. The summed E-state index contributed by atoms with van der Waals surface area (Å²) in [4.78, 5) is 8.73. The molecule has 17 heavy (non-hydrogen) atoms. The van der Waals surface area contributed by atoms with E-state index in [1.54, 1.807) is 0 Å². The molecular formula is C14H9N3. The van der Waals surface area contributed by atoms with Gasteiger partial charge in [0.1, 0.15) is 0 Å². The van der Waals surface area contributed by atoms with E-state index in [1.807, 2.05) is 36.9 Å². The first-order valence-corrected chi connectivity index (χ1v) is 5.52. The van der Waals surface area contributed by atoms with Gasteiger partial charge >= 0.3 is 0 Å². The predicted molar refractivity (Wildman–Crippen MR) is 68.0 cm³/mol. The molecule has 3 nitrogen and oxygen atoms in total. The lowest BCUT2D eigenvalue weighted by Crippen LogP contribution is -1.90. The molecule has 0 spiro atoms. The van der Waals surface area contributed by atoms with Gasteiger partial charge in [-0.3, -0.25) is 9.38 Å². The second kappa shape index (κ2) is 3.04. The van der Waals surface area contributed by atoms with Gasteiger partial charge < -0.3 is 0 Å². The van der Waals surface area contributed by atoms with E-state index in [9.17, 15) is 0 Å². The molecule has 0 bridgehead atoms. The lowest BCUT2D eigenvalue weighted by molar-refractivity contribution is 1.21. The summed E-state index contributed by atoms with van der Waals surface area (Å²) in [6.45, 7) is 0. The highest BCUT2D eigenvalue weighted by molar-refractivity contribution is 6.10. The number of hydrogen-bond donors (Lipinski definition) is 0. The molecule has 0 fully saturated rings. The third-order valence-electron chi connectivity index (χ3n) is 3.14. The van der Waals surface area contributed by atoms with Crippen molar-refractivity contribution in [3.63, 3.8) is 0 Å². The van der Waals surface area contributed by atoms with E-state index in [0.717, 1.165) is 27.3 Å². The summed E-state index contributed by atoms with van der Waals surface area (Å²) in [5, 5.41) is 2.30. The summed E-state index contributed by atoms with van der Waals surface area (Å²) in [5.74, 6) is 0.